The SMILES string of the molecule is CC(=O)NC(C(=O)N1CCCC(C)(C(=O)O)C1)C(C)C. The number of nitrogens with one attached hydrogen (secondary N) is 1. The van der Waals surface area contributed by atoms with Crippen LogP contribution < -0.4 is 5.32 Å². The summed E-state index contributed by atoms with van der Waals surface area (Å²) < 4.78 is 0. The number of rotatable bonds is 4. The Hall–Kier alpha value is -1.59. The molecule has 114 valence electrons. The summed E-state index contributed by atoms with van der Waals surface area (Å²) >= 11 is 0. The zero-order valence-corrected chi connectivity index (χ0v) is 12.6. The zero-order valence-electron chi connectivity index (χ0n) is 12.6. The Bertz CT molecular complexity index is 408. The molecule has 0 aromatic rings. The Morgan fingerprint density at radius 3 is 2.35 bits per heavy atom. The van der Waals surface area contributed by atoms with Crippen molar-refractivity contribution in [2.45, 2.75) is 46.6 Å². The summed E-state index contributed by atoms with van der Waals surface area (Å²) in [4.78, 5) is 36.6. The predicted molar refractivity (Wildman–Crippen MR) is 74.0 cm³/mol. The van der Waals surface area contributed by atoms with Crippen LogP contribution in [0.3, 0.4) is 0 Å². The van der Waals surface area contributed by atoms with Gasteiger partial charge >= 0.3 is 5.97 Å². The van der Waals surface area contributed by atoms with E-state index in [9.17, 15) is 19.5 Å². The minimum Gasteiger partial charge on any atom is -0.481 e. The zero-order chi connectivity index (χ0) is 15.5. The third-order valence-electron chi connectivity index (χ3n) is 3.82. The molecule has 2 unspecified atom stereocenters. The molecule has 0 bridgehead atoms. The van der Waals surface area contributed by atoms with Crippen LogP contribution >= 0.6 is 0 Å². The van der Waals surface area contributed by atoms with Crippen LogP contribution in [0.1, 0.15) is 40.5 Å². The van der Waals surface area contributed by atoms with E-state index in [1.165, 1.54) is 6.92 Å². The normalized spacial score (nSPS) is 24.4. The fraction of sp³-hybridized carbons (Fsp3) is 0.786. The molecule has 0 radical (unpaired) electrons. The van der Waals surface area contributed by atoms with Gasteiger partial charge in [-0.3, -0.25) is 14.4 Å². The van der Waals surface area contributed by atoms with Crippen molar-refractivity contribution >= 4 is 17.8 Å². The Labute approximate surface area is 119 Å². The molecule has 0 aliphatic carbocycles. The molecule has 1 saturated heterocycles. The second-order valence-corrected chi connectivity index (χ2v) is 6.15. The standard InChI is InChI=1S/C14H24N2O4/c1-9(2)11(15-10(3)17)12(18)16-7-5-6-14(4,8-16)13(19)20/h9,11H,5-8H2,1-4H3,(H,15,17)(H,19,20). The lowest BCUT2D eigenvalue weighted by Gasteiger charge is -2.39. The average molecular weight is 284 g/mol. The molecule has 1 rings (SSSR count). The molecule has 0 saturated carbocycles. The van der Waals surface area contributed by atoms with Crippen LogP contribution in [0.25, 0.3) is 0 Å². The fourth-order valence-electron chi connectivity index (χ4n) is 2.53. The van der Waals surface area contributed by atoms with Gasteiger partial charge in [-0.05, 0) is 25.7 Å². The summed E-state index contributed by atoms with van der Waals surface area (Å²) in [7, 11) is 0. The minimum absolute atomic E-state index is 0.0376. The maximum atomic E-state index is 12.5. The van der Waals surface area contributed by atoms with E-state index in [4.69, 9.17) is 0 Å². The van der Waals surface area contributed by atoms with Crippen LogP contribution in [-0.4, -0.2) is 46.9 Å². The van der Waals surface area contributed by atoms with Gasteiger partial charge in [0.15, 0.2) is 0 Å². The number of aliphatic carboxylic acids is 1. The van der Waals surface area contributed by atoms with Crippen molar-refractivity contribution in [3.8, 4) is 0 Å². The lowest BCUT2D eigenvalue weighted by molar-refractivity contribution is -0.154. The molecule has 6 heteroatoms. The van der Waals surface area contributed by atoms with Crippen molar-refractivity contribution in [2.24, 2.45) is 11.3 Å². The highest BCUT2D eigenvalue weighted by atomic mass is 16.4. The highest BCUT2D eigenvalue weighted by molar-refractivity contribution is 5.87. The second kappa shape index (κ2) is 6.24. The van der Waals surface area contributed by atoms with Crippen LogP contribution in [0, 0.1) is 11.3 Å². The molecule has 1 heterocycles. The summed E-state index contributed by atoms with van der Waals surface area (Å²) in [6.07, 6.45) is 1.23. The van der Waals surface area contributed by atoms with Gasteiger partial charge in [-0.15, -0.1) is 0 Å². The van der Waals surface area contributed by atoms with Crippen LogP contribution in [0.15, 0.2) is 0 Å². The summed E-state index contributed by atoms with van der Waals surface area (Å²) in [6, 6.07) is -0.594. The average Bonchev–Trinajstić information content (AvgIpc) is 2.34. The van der Waals surface area contributed by atoms with E-state index in [1.54, 1.807) is 11.8 Å². The Morgan fingerprint density at radius 1 is 1.30 bits per heavy atom. The van der Waals surface area contributed by atoms with Crippen LogP contribution in [0.5, 0.6) is 0 Å². The van der Waals surface area contributed by atoms with Gasteiger partial charge in [0, 0.05) is 20.0 Å². The fourth-order valence-corrected chi connectivity index (χ4v) is 2.53. The summed E-state index contributed by atoms with van der Waals surface area (Å²) in [5, 5.41) is 11.9. The maximum Gasteiger partial charge on any atom is 0.311 e. The topological polar surface area (TPSA) is 86.7 Å². The van der Waals surface area contributed by atoms with E-state index < -0.39 is 17.4 Å². The molecule has 0 spiro atoms. The lowest BCUT2D eigenvalue weighted by atomic mass is 9.81. The van der Waals surface area contributed by atoms with Crippen molar-refractivity contribution in [2.75, 3.05) is 13.1 Å². The highest BCUT2D eigenvalue weighted by Gasteiger charge is 2.41. The summed E-state index contributed by atoms with van der Waals surface area (Å²) in [5.74, 6) is -1.36. The van der Waals surface area contributed by atoms with Crippen LogP contribution in [-0.2, 0) is 14.4 Å². The number of carboxylic acids is 1. The number of amides is 2. The van der Waals surface area contributed by atoms with E-state index in [0.29, 0.717) is 19.4 Å². The molecule has 2 amide bonds. The molecular weight excluding hydrogens is 260 g/mol. The largest absolute Gasteiger partial charge is 0.481 e. The molecule has 2 N–H and O–H groups in total. The number of carbonyl (C=O) groups is 3. The quantitative estimate of drug-likeness (QED) is 0.801. The van der Waals surface area contributed by atoms with Gasteiger partial charge in [0.1, 0.15) is 6.04 Å². The van der Waals surface area contributed by atoms with Crippen molar-refractivity contribution in [3.63, 3.8) is 0 Å². The number of likely N-dealkylation sites (tertiary alicyclic amines) is 1. The van der Waals surface area contributed by atoms with Crippen LogP contribution in [0.2, 0.25) is 0 Å². The van der Waals surface area contributed by atoms with Crippen LogP contribution in [0.4, 0.5) is 0 Å². The monoisotopic (exact) mass is 284 g/mol. The van der Waals surface area contributed by atoms with E-state index in [2.05, 4.69) is 5.32 Å². The molecule has 6 nitrogen and oxygen atoms in total. The highest BCUT2D eigenvalue weighted by Crippen LogP contribution is 2.30. The Morgan fingerprint density at radius 2 is 1.90 bits per heavy atom. The van der Waals surface area contributed by atoms with Gasteiger partial charge in [-0.1, -0.05) is 13.8 Å². The van der Waals surface area contributed by atoms with Crippen molar-refractivity contribution in [1.29, 1.82) is 0 Å². The van der Waals surface area contributed by atoms with Gasteiger partial charge in [0.2, 0.25) is 11.8 Å². The molecule has 1 aliphatic rings. The first kappa shape index (κ1) is 16.5. The molecule has 20 heavy (non-hydrogen) atoms. The van der Waals surface area contributed by atoms with Crippen molar-refractivity contribution < 1.29 is 19.5 Å². The Kier molecular flexibility index (Phi) is 5.14. The molecule has 1 aliphatic heterocycles. The first-order valence-corrected chi connectivity index (χ1v) is 6.96. The number of carbonyl (C=O) groups excluding carboxylic acids is 2. The number of hydrogen-bond acceptors (Lipinski definition) is 3. The van der Waals surface area contributed by atoms with Gasteiger partial charge in [-0.25, -0.2) is 0 Å². The smallest absolute Gasteiger partial charge is 0.311 e. The van der Waals surface area contributed by atoms with E-state index in [0.717, 1.165) is 0 Å². The number of carboxylic acid groups (broad SMARTS) is 1. The van der Waals surface area contributed by atoms with E-state index >= 15 is 0 Å². The second-order valence-electron chi connectivity index (χ2n) is 6.15. The van der Waals surface area contributed by atoms with E-state index in [-0.39, 0.29) is 24.3 Å². The number of hydrogen-bond donors (Lipinski definition) is 2. The van der Waals surface area contributed by atoms with Crippen molar-refractivity contribution in [3.05, 3.63) is 0 Å². The first-order valence-electron chi connectivity index (χ1n) is 6.96. The molecular formula is C14H24N2O4. The predicted octanol–water partition coefficient (Wildman–Crippen LogP) is 0.860. The molecule has 1 fully saturated rings. The van der Waals surface area contributed by atoms with Gasteiger partial charge in [0.05, 0.1) is 5.41 Å². The molecule has 0 aromatic carbocycles. The first-order chi connectivity index (χ1) is 9.17. The van der Waals surface area contributed by atoms with Gasteiger partial charge in [-0.2, -0.15) is 0 Å². The molecule has 0 aromatic heterocycles. The summed E-state index contributed by atoms with van der Waals surface area (Å²) in [6.45, 7) is 7.50. The number of nitrogens with zero attached hydrogens (tertiary/aromatic N) is 1. The summed E-state index contributed by atoms with van der Waals surface area (Å²) in [5.41, 5.74) is -0.897. The van der Waals surface area contributed by atoms with E-state index in [1.807, 2.05) is 13.8 Å². The molecule has 2 atom stereocenters. The van der Waals surface area contributed by atoms with Gasteiger partial charge < -0.3 is 15.3 Å². The maximum absolute atomic E-state index is 12.5. The minimum atomic E-state index is -0.897. The number of piperidine rings is 1. The third kappa shape index (κ3) is 3.71. The van der Waals surface area contributed by atoms with Crippen molar-refractivity contribution in [1.82, 2.24) is 10.2 Å². The Balaban J connectivity index is 2.84. The third-order valence-corrected chi connectivity index (χ3v) is 3.82. The lowest BCUT2D eigenvalue weighted by Crippen LogP contribution is -2.56. The van der Waals surface area contributed by atoms with Gasteiger partial charge in [0.25, 0.3) is 0 Å².